The first-order valence-electron chi connectivity index (χ1n) is 18.9. The summed E-state index contributed by atoms with van der Waals surface area (Å²) in [4.78, 5) is 12.7. The van der Waals surface area contributed by atoms with Crippen molar-refractivity contribution in [3.8, 4) is 16.9 Å². The van der Waals surface area contributed by atoms with Crippen molar-refractivity contribution in [3.05, 3.63) is 166 Å². The fraction of sp³-hybridized carbons (Fsp3) is 0.220. The van der Waals surface area contributed by atoms with Crippen LogP contribution in [0.1, 0.15) is 90.4 Å². The van der Waals surface area contributed by atoms with Crippen molar-refractivity contribution in [2.45, 2.75) is 69.6 Å². The number of aliphatic hydroxyl groups is 1. The molecule has 0 heterocycles. The Morgan fingerprint density at radius 2 is 1.60 bits per heavy atom. The topological polar surface area (TPSA) is 77.8 Å². The van der Waals surface area contributed by atoms with E-state index in [0.29, 0.717) is 5.56 Å². The molecule has 0 fully saturated rings. The van der Waals surface area contributed by atoms with Crippen LogP contribution in [-0.4, -0.2) is 21.3 Å². The summed E-state index contributed by atoms with van der Waals surface area (Å²) in [6.45, 7) is 11.6. The number of phenols is 1. The number of aromatic carboxylic acids is 1. The molecule has 8 rings (SSSR count). The fourth-order valence-corrected chi connectivity index (χ4v) is 9.75. The molecule has 0 amide bonds. The summed E-state index contributed by atoms with van der Waals surface area (Å²) in [7, 11) is 0. The van der Waals surface area contributed by atoms with Crippen molar-refractivity contribution >= 4 is 50.9 Å². The van der Waals surface area contributed by atoms with Crippen molar-refractivity contribution in [2.24, 2.45) is 5.41 Å². The Morgan fingerprint density at radius 3 is 2.36 bits per heavy atom. The normalized spacial score (nSPS) is 16.4. The third kappa shape index (κ3) is 7.03. The maximum Gasteiger partial charge on any atom is 0.339 e. The molecule has 6 aromatic carbocycles. The summed E-state index contributed by atoms with van der Waals surface area (Å²) in [5, 5.41) is 36.2. The van der Waals surface area contributed by atoms with Crippen LogP contribution in [0.4, 0.5) is 0 Å². The van der Waals surface area contributed by atoms with Gasteiger partial charge in [-0.2, -0.15) is 0 Å². The highest BCUT2D eigenvalue weighted by atomic mass is 32.2. The Bertz CT molecular complexity index is 2600. The number of carbonyl (C=O) groups is 1. The van der Waals surface area contributed by atoms with Crippen molar-refractivity contribution < 1.29 is 20.1 Å². The average molecular weight is 743 g/mol. The molecule has 4 nitrogen and oxygen atoms in total. The number of hydrogen-bond acceptors (Lipinski definition) is 4. The van der Waals surface area contributed by atoms with E-state index in [1.165, 1.54) is 55.6 Å². The Labute approximate surface area is 327 Å². The number of allylic oxidation sites excluding steroid dienone is 4. The van der Waals surface area contributed by atoms with E-state index in [9.17, 15) is 20.1 Å². The van der Waals surface area contributed by atoms with Crippen LogP contribution in [0, 0.1) is 12.3 Å². The Morgan fingerprint density at radius 1 is 0.855 bits per heavy atom. The molecule has 0 saturated heterocycles. The molecule has 0 saturated carbocycles. The number of thioether (sulfide) groups is 1. The van der Waals surface area contributed by atoms with E-state index in [0.717, 1.165) is 46.1 Å². The summed E-state index contributed by atoms with van der Waals surface area (Å²) in [5.41, 5.74) is 11.5. The van der Waals surface area contributed by atoms with Crippen molar-refractivity contribution in [3.63, 3.8) is 0 Å². The lowest BCUT2D eigenvalue weighted by atomic mass is 9.64. The number of carboxylic acid groups (broad SMARTS) is 1. The third-order valence-corrected chi connectivity index (χ3v) is 12.4. The van der Waals surface area contributed by atoms with Crippen LogP contribution in [0.5, 0.6) is 5.75 Å². The standard InChI is InChI=1S/C50H46O4S/c1-30-10-12-32(13-11-30)29-55-44-26-35(25-34-17-20-40-37-22-23-49(2,3)27-36(37)28-50(4,5)47(40)45(34)44)39-19-16-33-8-6-7-9-38(33)46(39)42(51)21-15-31-14-18-41(48(53)54)43(52)24-31/h6-26,42,51-52H,27-29H2,1-5H3,(H,53,54). The molecule has 0 bridgehead atoms. The molecule has 6 aromatic rings. The number of benzene rings is 6. The van der Waals surface area contributed by atoms with E-state index in [4.69, 9.17) is 0 Å². The zero-order valence-electron chi connectivity index (χ0n) is 32.0. The maximum absolute atomic E-state index is 12.0. The van der Waals surface area contributed by atoms with Crippen LogP contribution in [0.25, 0.3) is 44.3 Å². The second kappa shape index (κ2) is 14.1. The predicted molar refractivity (Wildman–Crippen MR) is 229 cm³/mol. The third-order valence-electron chi connectivity index (χ3n) is 11.3. The van der Waals surface area contributed by atoms with Gasteiger partial charge in [-0.25, -0.2) is 4.79 Å². The number of fused-ring (bicyclic) bond motifs is 5. The van der Waals surface area contributed by atoms with Crippen LogP contribution in [0.3, 0.4) is 0 Å². The molecular weight excluding hydrogens is 697 g/mol. The van der Waals surface area contributed by atoms with Crippen LogP contribution in [0.2, 0.25) is 0 Å². The monoisotopic (exact) mass is 742 g/mol. The van der Waals surface area contributed by atoms with Crippen LogP contribution in [0.15, 0.2) is 132 Å². The van der Waals surface area contributed by atoms with Gasteiger partial charge >= 0.3 is 5.97 Å². The van der Waals surface area contributed by atoms with Gasteiger partial charge < -0.3 is 15.3 Å². The highest BCUT2D eigenvalue weighted by Crippen LogP contribution is 2.53. The van der Waals surface area contributed by atoms with Gasteiger partial charge in [0.15, 0.2) is 0 Å². The lowest BCUT2D eigenvalue weighted by Crippen LogP contribution is -2.28. The minimum absolute atomic E-state index is 0.0676. The fourth-order valence-electron chi connectivity index (χ4n) is 8.66. The highest BCUT2D eigenvalue weighted by molar-refractivity contribution is 7.98. The molecule has 1 unspecified atom stereocenters. The van der Waals surface area contributed by atoms with Gasteiger partial charge in [-0.15, -0.1) is 11.8 Å². The summed E-state index contributed by atoms with van der Waals surface area (Å²) >= 11 is 1.87. The quantitative estimate of drug-likeness (QED) is 0.135. The lowest BCUT2D eigenvalue weighted by molar-refractivity contribution is 0.0693. The van der Waals surface area contributed by atoms with Crippen LogP contribution in [-0.2, 0) is 11.2 Å². The zero-order chi connectivity index (χ0) is 38.6. The smallest absolute Gasteiger partial charge is 0.339 e. The largest absolute Gasteiger partial charge is 0.507 e. The predicted octanol–water partition coefficient (Wildman–Crippen LogP) is 12.8. The number of aliphatic hydroxyl groups excluding tert-OH is 1. The second-order valence-corrected chi connectivity index (χ2v) is 17.6. The average Bonchev–Trinajstić information content (AvgIpc) is 3.15. The van der Waals surface area contributed by atoms with Crippen LogP contribution >= 0.6 is 11.8 Å². The van der Waals surface area contributed by atoms with Gasteiger partial charge in [-0.1, -0.05) is 142 Å². The number of rotatable bonds is 8. The van der Waals surface area contributed by atoms with E-state index in [2.05, 4.69) is 120 Å². The van der Waals surface area contributed by atoms with E-state index < -0.39 is 12.1 Å². The number of aryl methyl sites for hydroxylation is 1. The molecule has 276 valence electrons. The Balaban J connectivity index is 1.30. The van der Waals surface area contributed by atoms with Gasteiger partial charge in [-0.3, -0.25) is 0 Å². The SMILES string of the molecule is Cc1ccc(CSc2cc(-c3ccc4ccccc4c3C(O)C=Cc3ccc(C(=O)O)c(O)c3)cc3ccc4c(c23)C(C)(C)CC2=C4C=CC(C)(C)C2)cc1. The molecule has 2 aliphatic rings. The Kier molecular flexibility index (Phi) is 9.35. The van der Waals surface area contributed by atoms with Crippen molar-refractivity contribution in [1.82, 2.24) is 0 Å². The van der Waals surface area contributed by atoms with Gasteiger partial charge in [0.2, 0.25) is 0 Å². The first-order valence-corrected chi connectivity index (χ1v) is 19.9. The van der Waals surface area contributed by atoms with E-state index in [-0.39, 0.29) is 22.1 Å². The number of aromatic hydroxyl groups is 1. The minimum Gasteiger partial charge on any atom is -0.507 e. The zero-order valence-corrected chi connectivity index (χ0v) is 32.8. The number of carboxylic acids is 1. The molecule has 0 spiro atoms. The van der Waals surface area contributed by atoms with E-state index >= 15 is 0 Å². The molecule has 0 aromatic heterocycles. The maximum atomic E-state index is 12.0. The van der Waals surface area contributed by atoms with E-state index in [1.54, 1.807) is 23.8 Å². The minimum atomic E-state index is -1.19. The van der Waals surface area contributed by atoms with E-state index in [1.807, 2.05) is 23.9 Å². The lowest BCUT2D eigenvalue weighted by Gasteiger charge is -2.40. The molecule has 3 N–H and O–H groups in total. The molecule has 2 aliphatic carbocycles. The van der Waals surface area contributed by atoms with Crippen molar-refractivity contribution in [1.29, 1.82) is 0 Å². The molecule has 1 atom stereocenters. The second-order valence-electron chi connectivity index (χ2n) is 16.5. The molecule has 0 aliphatic heterocycles. The van der Waals surface area contributed by atoms with Crippen LogP contribution < -0.4 is 0 Å². The molecule has 5 heteroatoms. The summed E-state index contributed by atoms with van der Waals surface area (Å²) in [6, 6.07) is 34.8. The van der Waals surface area contributed by atoms with Gasteiger partial charge in [-0.05, 0) is 115 Å². The molecular formula is C50H46O4S. The Hall–Kier alpha value is -5.36. The number of hydrogen-bond donors (Lipinski definition) is 3. The van der Waals surface area contributed by atoms with Gasteiger partial charge in [0.25, 0.3) is 0 Å². The van der Waals surface area contributed by atoms with Gasteiger partial charge in [0.1, 0.15) is 11.3 Å². The summed E-state index contributed by atoms with van der Waals surface area (Å²) in [6.07, 6.45) is 9.28. The first-order chi connectivity index (χ1) is 26.3. The molecule has 0 radical (unpaired) electrons. The van der Waals surface area contributed by atoms with Crippen molar-refractivity contribution in [2.75, 3.05) is 0 Å². The molecule has 55 heavy (non-hydrogen) atoms. The highest BCUT2D eigenvalue weighted by Gasteiger charge is 2.37. The summed E-state index contributed by atoms with van der Waals surface area (Å²) in [5.74, 6) is -0.682. The first kappa shape index (κ1) is 36.6. The summed E-state index contributed by atoms with van der Waals surface area (Å²) < 4.78 is 0. The van der Waals surface area contributed by atoms with Gasteiger partial charge in [0, 0.05) is 16.2 Å². The van der Waals surface area contributed by atoms with Gasteiger partial charge in [0.05, 0.1) is 6.10 Å².